The third-order valence-electron chi connectivity index (χ3n) is 3.06. The lowest BCUT2D eigenvalue weighted by Gasteiger charge is -2.21. The summed E-state index contributed by atoms with van der Waals surface area (Å²) in [7, 11) is 3.58. The average Bonchev–Trinajstić information content (AvgIpc) is 2.46. The number of rotatable bonds is 4. The summed E-state index contributed by atoms with van der Waals surface area (Å²) in [6, 6.07) is 11.5. The molecular formula is C15H17N3OS. The van der Waals surface area contributed by atoms with Crippen LogP contribution in [-0.4, -0.2) is 24.1 Å². The van der Waals surface area contributed by atoms with Gasteiger partial charge in [0.05, 0.1) is 12.7 Å². The second-order valence-electron chi connectivity index (χ2n) is 4.45. The van der Waals surface area contributed by atoms with Gasteiger partial charge in [-0.1, -0.05) is 12.2 Å². The van der Waals surface area contributed by atoms with E-state index in [4.69, 9.17) is 22.7 Å². The number of hydrogen-bond acceptors (Lipinski definition) is 4. The molecule has 2 aromatic rings. The molecule has 1 heterocycles. The highest BCUT2D eigenvalue weighted by Crippen LogP contribution is 2.27. The Hall–Kier alpha value is -2.14. The van der Waals surface area contributed by atoms with Gasteiger partial charge in [-0.2, -0.15) is 0 Å². The van der Waals surface area contributed by atoms with Crippen molar-refractivity contribution in [3.8, 4) is 5.75 Å². The molecule has 0 atom stereocenters. The molecule has 4 nitrogen and oxygen atoms in total. The molecule has 1 aromatic carbocycles. The molecule has 5 heteroatoms. The Morgan fingerprint density at radius 2 is 1.85 bits per heavy atom. The van der Waals surface area contributed by atoms with E-state index >= 15 is 0 Å². The van der Waals surface area contributed by atoms with E-state index in [1.165, 1.54) is 0 Å². The van der Waals surface area contributed by atoms with Gasteiger partial charge in [0.15, 0.2) is 0 Å². The Bertz CT molecular complexity index is 626. The maximum atomic E-state index is 5.77. The maximum Gasteiger partial charge on any atom is 0.143 e. The maximum absolute atomic E-state index is 5.77. The zero-order valence-corrected chi connectivity index (χ0v) is 12.6. The van der Waals surface area contributed by atoms with Crippen LogP contribution in [0.4, 0.5) is 11.5 Å². The number of thiocarbonyl (C=S) groups is 1. The molecule has 0 aliphatic carbocycles. The van der Waals surface area contributed by atoms with Gasteiger partial charge in [-0.05, 0) is 43.3 Å². The van der Waals surface area contributed by atoms with Crippen molar-refractivity contribution in [3.63, 3.8) is 0 Å². The summed E-state index contributed by atoms with van der Waals surface area (Å²) in [6.07, 6.45) is 0. The number of pyridine rings is 1. The monoisotopic (exact) mass is 287 g/mol. The van der Waals surface area contributed by atoms with Crippen molar-refractivity contribution in [2.24, 2.45) is 5.73 Å². The Morgan fingerprint density at radius 3 is 2.40 bits per heavy atom. The first-order chi connectivity index (χ1) is 9.52. The number of anilines is 2. The van der Waals surface area contributed by atoms with Gasteiger partial charge in [0.2, 0.25) is 0 Å². The van der Waals surface area contributed by atoms with Gasteiger partial charge in [-0.25, -0.2) is 4.98 Å². The van der Waals surface area contributed by atoms with Gasteiger partial charge in [0.25, 0.3) is 0 Å². The number of hydrogen-bond donors (Lipinski definition) is 1. The molecular weight excluding hydrogens is 270 g/mol. The largest absolute Gasteiger partial charge is 0.497 e. The first-order valence-electron chi connectivity index (χ1n) is 6.18. The van der Waals surface area contributed by atoms with E-state index in [1.54, 1.807) is 7.11 Å². The lowest BCUT2D eigenvalue weighted by molar-refractivity contribution is 0.415. The van der Waals surface area contributed by atoms with E-state index in [0.717, 1.165) is 28.5 Å². The van der Waals surface area contributed by atoms with Gasteiger partial charge in [0.1, 0.15) is 16.6 Å². The molecule has 0 radical (unpaired) electrons. The molecule has 0 aliphatic rings. The summed E-state index contributed by atoms with van der Waals surface area (Å²) in [4.78, 5) is 6.84. The zero-order valence-electron chi connectivity index (χ0n) is 11.8. The van der Waals surface area contributed by atoms with E-state index in [1.807, 2.05) is 55.3 Å². The molecule has 0 unspecified atom stereocenters. The highest BCUT2D eigenvalue weighted by molar-refractivity contribution is 7.80. The van der Waals surface area contributed by atoms with Crippen molar-refractivity contribution in [2.75, 3.05) is 19.1 Å². The Labute approximate surface area is 124 Å². The normalized spacial score (nSPS) is 10.2. The molecule has 0 saturated carbocycles. The van der Waals surface area contributed by atoms with Crippen LogP contribution in [0.2, 0.25) is 0 Å². The van der Waals surface area contributed by atoms with Crippen LogP contribution < -0.4 is 15.4 Å². The molecule has 1 aromatic heterocycles. The van der Waals surface area contributed by atoms with Gasteiger partial charge >= 0.3 is 0 Å². The number of nitrogens with two attached hydrogens (primary N) is 1. The van der Waals surface area contributed by atoms with E-state index in [9.17, 15) is 0 Å². The van der Waals surface area contributed by atoms with Crippen molar-refractivity contribution in [2.45, 2.75) is 6.92 Å². The number of ether oxygens (including phenoxy) is 1. The van der Waals surface area contributed by atoms with Crippen LogP contribution in [0.3, 0.4) is 0 Å². The van der Waals surface area contributed by atoms with Crippen LogP contribution in [0, 0.1) is 6.92 Å². The SMILES string of the molecule is COc1ccc(N(C)c2nc(C)ccc2C(N)=S)cc1. The standard InChI is InChI=1S/C15H17N3OS/c1-10-4-9-13(14(16)20)15(17-10)18(2)11-5-7-12(19-3)8-6-11/h4-9H,1-3H3,(H2,16,20). The van der Waals surface area contributed by atoms with Gasteiger partial charge < -0.3 is 15.4 Å². The van der Waals surface area contributed by atoms with E-state index in [-0.39, 0.29) is 0 Å². The molecule has 0 fully saturated rings. The van der Waals surface area contributed by atoms with Crippen molar-refractivity contribution >= 4 is 28.7 Å². The molecule has 0 aliphatic heterocycles. The van der Waals surface area contributed by atoms with Gasteiger partial charge in [-0.3, -0.25) is 0 Å². The Balaban J connectivity index is 2.43. The van der Waals surface area contributed by atoms with Crippen LogP contribution in [0.5, 0.6) is 5.75 Å². The predicted octanol–water partition coefficient (Wildman–Crippen LogP) is 2.80. The molecule has 0 saturated heterocycles. The molecule has 104 valence electrons. The minimum Gasteiger partial charge on any atom is -0.497 e. The third-order valence-corrected chi connectivity index (χ3v) is 3.28. The van der Waals surface area contributed by atoms with Crippen LogP contribution in [-0.2, 0) is 0 Å². The number of aromatic nitrogens is 1. The number of benzene rings is 1. The minimum atomic E-state index is 0.341. The zero-order chi connectivity index (χ0) is 14.7. The van der Waals surface area contributed by atoms with Gasteiger partial charge in [0, 0.05) is 18.4 Å². The lowest BCUT2D eigenvalue weighted by atomic mass is 10.2. The summed E-state index contributed by atoms with van der Waals surface area (Å²) >= 11 is 5.09. The highest BCUT2D eigenvalue weighted by atomic mass is 32.1. The molecule has 0 amide bonds. The molecule has 20 heavy (non-hydrogen) atoms. The van der Waals surface area contributed by atoms with Crippen LogP contribution in [0.15, 0.2) is 36.4 Å². The molecule has 2 rings (SSSR count). The number of aryl methyl sites for hydroxylation is 1. The lowest BCUT2D eigenvalue weighted by Crippen LogP contribution is -2.19. The highest BCUT2D eigenvalue weighted by Gasteiger charge is 2.13. The number of nitrogens with zero attached hydrogens (tertiary/aromatic N) is 2. The number of methoxy groups -OCH3 is 1. The summed E-state index contributed by atoms with van der Waals surface area (Å²) in [5.74, 6) is 1.57. The summed E-state index contributed by atoms with van der Waals surface area (Å²) in [5.41, 5.74) is 8.44. The summed E-state index contributed by atoms with van der Waals surface area (Å²) in [6.45, 7) is 1.94. The van der Waals surface area contributed by atoms with Crippen LogP contribution >= 0.6 is 12.2 Å². The molecule has 0 spiro atoms. The van der Waals surface area contributed by atoms with Crippen LogP contribution in [0.25, 0.3) is 0 Å². The fourth-order valence-electron chi connectivity index (χ4n) is 1.92. The second kappa shape index (κ2) is 5.88. The first kappa shape index (κ1) is 14.3. The predicted molar refractivity (Wildman–Crippen MR) is 85.9 cm³/mol. The van der Waals surface area contributed by atoms with Crippen LogP contribution in [0.1, 0.15) is 11.3 Å². The average molecular weight is 287 g/mol. The summed E-state index contributed by atoms with van der Waals surface area (Å²) < 4.78 is 5.16. The van der Waals surface area contributed by atoms with Crippen molar-refractivity contribution in [1.82, 2.24) is 4.98 Å². The van der Waals surface area contributed by atoms with E-state index in [0.29, 0.717) is 4.99 Å². The van der Waals surface area contributed by atoms with E-state index in [2.05, 4.69) is 4.98 Å². The van der Waals surface area contributed by atoms with E-state index < -0.39 is 0 Å². The summed E-state index contributed by atoms with van der Waals surface area (Å²) in [5, 5.41) is 0. The Kier molecular flexibility index (Phi) is 4.20. The van der Waals surface area contributed by atoms with Gasteiger partial charge in [-0.15, -0.1) is 0 Å². The molecule has 0 bridgehead atoms. The Morgan fingerprint density at radius 1 is 1.20 bits per heavy atom. The molecule has 2 N–H and O–H groups in total. The van der Waals surface area contributed by atoms with Crippen molar-refractivity contribution < 1.29 is 4.74 Å². The minimum absolute atomic E-state index is 0.341. The first-order valence-corrected chi connectivity index (χ1v) is 6.59. The fraction of sp³-hybridized carbons (Fsp3) is 0.200. The second-order valence-corrected chi connectivity index (χ2v) is 4.88. The van der Waals surface area contributed by atoms with Crippen molar-refractivity contribution in [1.29, 1.82) is 0 Å². The quantitative estimate of drug-likeness (QED) is 0.876. The third kappa shape index (κ3) is 2.88. The topological polar surface area (TPSA) is 51.4 Å². The smallest absolute Gasteiger partial charge is 0.143 e. The van der Waals surface area contributed by atoms with Crippen molar-refractivity contribution in [3.05, 3.63) is 47.7 Å². The fourth-order valence-corrected chi connectivity index (χ4v) is 2.08.